The van der Waals surface area contributed by atoms with Gasteiger partial charge in [-0.1, -0.05) is 49.4 Å². The van der Waals surface area contributed by atoms with E-state index in [1.54, 1.807) is 24.3 Å². The van der Waals surface area contributed by atoms with Crippen molar-refractivity contribution in [3.05, 3.63) is 65.7 Å². The minimum Gasteiger partial charge on any atom is -0.490 e. The minimum atomic E-state index is -0.0186. The van der Waals surface area contributed by atoms with E-state index in [9.17, 15) is 4.79 Å². The van der Waals surface area contributed by atoms with Gasteiger partial charge in [0.05, 0.1) is 13.2 Å². The fourth-order valence-electron chi connectivity index (χ4n) is 2.10. The van der Waals surface area contributed by atoms with Crippen LogP contribution in [0, 0.1) is 0 Å². The van der Waals surface area contributed by atoms with Crippen LogP contribution < -0.4 is 9.47 Å². The lowest BCUT2D eigenvalue weighted by atomic mass is 10.1. The van der Waals surface area contributed by atoms with E-state index >= 15 is 0 Å². The molecule has 2 rings (SSSR count). The van der Waals surface area contributed by atoms with E-state index in [1.807, 2.05) is 43.3 Å². The average molecular weight is 310 g/mol. The van der Waals surface area contributed by atoms with E-state index in [4.69, 9.17) is 9.47 Å². The quantitative estimate of drug-likeness (QED) is 0.520. The molecular formula is C20H22O3. The molecular weight excluding hydrogens is 288 g/mol. The smallest absolute Gasteiger partial charge is 0.185 e. The fourth-order valence-corrected chi connectivity index (χ4v) is 2.10. The minimum absolute atomic E-state index is 0.0186. The largest absolute Gasteiger partial charge is 0.490 e. The highest BCUT2D eigenvalue weighted by atomic mass is 16.5. The Morgan fingerprint density at radius 3 is 2.48 bits per heavy atom. The third-order valence-corrected chi connectivity index (χ3v) is 3.21. The first-order valence-electron chi connectivity index (χ1n) is 7.91. The lowest BCUT2D eigenvalue weighted by Crippen LogP contribution is -2.00. The standard InChI is InChI=1S/C20H22O3/c1-3-14-23-19-13-11-16(15-20(19)22-4-2)10-12-18(21)17-8-6-5-7-9-17/h5-13,15H,3-4,14H2,1-2H3/b12-10+. The zero-order valence-corrected chi connectivity index (χ0v) is 13.6. The molecule has 23 heavy (non-hydrogen) atoms. The molecule has 0 unspecified atom stereocenters. The summed E-state index contributed by atoms with van der Waals surface area (Å²) in [7, 11) is 0. The van der Waals surface area contributed by atoms with Gasteiger partial charge in [0.25, 0.3) is 0 Å². The van der Waals surface area contributed by atoms with Crippen LogP contribution in [-0.4, -0.2) is 19.0 Å². The second-order valence-corrected chi connectivity index (χ2v) is 5.05. The molecule has 0 radical (unpaired) electrons. The summed E-state index contributed by atoms with van der Waals surface area (Å²) in [4.78, 5) is 12.1. The average Bonchev–Trinajstić information content (AvgIpc) is 2.60. The first kappa shape index (κ1) is 16.8. The van der Waals surface area contributed by atoms with Crippen LogP contribution in [0.5, 0.6) is 11.5 Å². The number of hydrogen-bond donors (Lipinski definition) is 0. The third kappa shape index (κ3) is 4.99. The Kier molecular flexibility index (Phi) is 6.42. The molecule has 0 N–H and O–H groups in total. The Morgan fingerprint density at radius 2 is 1.78 bits per heavy atom. The van der Waals surface area contributed by atoms with Crippen molar-refractivity contribution in [2.45, 2.75) is 20.3 Å². The van der Waals surface area contributed by atoms with E-state index in [2.05, 4.69) is 6.92 Å². The number of rotatable bonds is 8. The van der Waals surface area contributed by atoms with E-state index in [0.717, 1.165) is 17.7 Å². The van der Waals surface area contributed by atoms with Gasteiger partial charge in [-0.25, -0.2) is 0 Å². The highest BCUT2D eigenvalue weighted by Gasteiger charge is 2.06. The van der Waals surface area contributed by atoms with Gasteiger partial charge in [0.15, 0.2) is 17.3 Å². The molecule has 0 saturated heterocycles. The van der Waals surface area contributed by atoms with Gasteiger partial charge < -0.3 is 9.47 Å². The maximum absolute atomic E-state index is 12.1. The van der Waals surface area contributed by atoms with Crippen molar-refractivity contribution in [2.24, 2.45) is 0 Å². The zero-order valence-electron chi connectivity index (χ0n) is 13.6. The van der Waals surface area contributed by atoms with Crippen LogP contribution in [0.4, 0.5) is 0 Å². The second-order valence-electron chi connectivity index (χ2n) is 5.05. The Labute approximate surface area is 137 Å². The molecule has 0 aliphatic carbocycles. The molecule has 0 saturated carbocycles. The number of hydrogen-bond acceptors (Lipinski definition) is 3. The van der Waals surface area contributed by atoms with Crippen LogP contribution >= 0.6 is 0 Å². The van der Waals surface area contributed by atoms with Crippen LogP contribution in [-0.2, 0) is 0 Å². The Balaban J connectivity index is 2.14. The van der Waals surface area contributed by atoms with Crippen LogP contribution in [0.2, 0.25) is 0 Å². The molecule has 0 heterocycles. The lowest BCUT2D eigenvalue weighted by molar-refractivity contribution is 0.104. The summed E-state index contributed by atoms with van der Waals surface area (Å²) in [6.07, 6.45) is 4.31. The summed E-state index contributed by atoms with van der Waals surface area (Å²) < 4.78 is 11.3. The monoisotopic (exact) mass is 310 g/mol. The number of ketones is 1. The van der Waals surface area contributed by atoms with E-state index in [1.165, 1.54) is 0 Å². The van der Waals surface area contributed by atoms with E-state index in [-0.39, 0.29) is 5.78 Å². The fraction of sp³-hybridized carbons (Fsp3) is 0.250. The summed E-state index contributed by atoms with van der Waals surface area (Å²) in [5.74, 6) is 1.42. The van der Waals surface area contributed by atoms with Gasteiger partial charge in [0, 0.05) is 5.56 Å². The maximum Gasteiger partial charge on any atom is 0.185 e. The topological polar surface area (TPSA) is 35.5 Å². The molecule has 0 fully saturated rings. The Morgan fingerprint density at radius 1 is 1.00 bits per heavy atom. The molecule has 2 aromatic rings. The number of benzene rings is 2. The predicted molar refractivity (Wildman–Crippen MR) is 93.2 cm³/mol. The van der Waals surface area contributed by atoms with Gasteiger partial charge in [-0.05, 0) is 37.1 Å². The Hall–Kier alpha value is -2.55. The molecule has 0 aliphatic rings. The lowest BCUT2D eigenvalue weighted by Gasteiger charge is -2.12. The molecule has 0 atom stereocenters. The first-order chi connectivity index (χ1) is 11.2. The summed E-state index contributed by atoms with van der Waals surface area (Å²) >= 11 is 0. The molecule has 0 bridgehead atoms. The summed E-state index contributed by atoms with van der Waals surface area (Å²) in [6.45, 7) is 5.22. The van der Waals surface area contributed by atoms with Crippen molar-refractivity contribution in [1.29, 1.82) is 0 Å². The van der Waals surface area contributed by atoms with E-state index in [0.29, 0.717) is 24.5 Å². The van der Waals surface area contributed by atoms with Crippen molar-refractivity contribution >= 4 is 11.9 Å². The number of allylic oxidation sites excluding steroid dienone is 1. The summed E-state index contributed by atoms with van der Waals surface area (Å²) in [5.41, 5.74) is 1.58. The van der Waals surface area contributed by atoms with E-state index < -0.39 is 0 Å². The molecule has 3 heteroatoms. The normalized spacial score (nSPS) is 10.7. The third-order valence-electron chi connectivity index (χ3n) is 3.21. The van der Waals surface area contributed by atoms with Crippen LogP contribution in [0.25, 0.3) is 6.08 Å². The highest BCUT2D eigenvalue weighted by molar-refractivity contribution is 6.06. The highest BCUT2D eigenvalue weighted by Crippen LogP contribution is 2.29. The van der Waals surface area contributed by atoms with Crippen molar-refractivity contribution in [2.75, 3.05) is 13.2 Å². The van der Waals surface area contributed by atoms with Gasteiger partial charge in [0.2, 0.25) is 0 Å². The van der Waals surface area contributed by atoms with Gasteiger partial charge in [-0.15, -0.1) is 0 Å². The van der Waals surface area contributed by atoms with Crippen LogP contribution in [0.15, 0.2) is 54.6 Å². The van der Waals surface area contributed by atoms with Gasteiger partial charge >= 0.3 is 0 Å². The van der Waals surface area contributed by atoms with Crippen LogP contribution in [0.3, 0.4) is 0 Å². The molecule has 2 aromatic carbocycles. The predicted octanol–water partition coefficient (Wildman–Crippen LogP) is 4.77. The van der Waals surface area contributed by atoms with Gasteiger partial charge in [-0.3, -0.25) is 4.79 Å². The Bertz CT molecular complexity index is 660. The summed E-state index contributed by atoms with van der Waals surface area (Å²) in [5, 5.41) is 0. The van der Waals surface area contributed by atoms with Crippen LogP contribution in [0.1, 0.15) is 36.2 Å². The number of carbonyl (C=O) groups is 1. The molecule has 0 amide bonds. The molecule has 3 nitrogen and oxygen atoms in total. The number of ether oxygens (including phenoxy) is 2. The van der Waals surface area contributed by atoms with Crippen molar-refractivity contribution in [3.63, 3.8) is 0 Å². The van der Waals surface area contributed by atoms with Crippen molar-refractivity contribution in [3.8, 4) is 11.5 Å². The van der Waals surface area contributed by atoms with Crippen molar-refractivity contribution < 1.29 is 14.3 Å². The summed E-state index contributed by atoms with van der Waals surface area (Å²) in [6, 6.07) is 14.9. The SMILES string of the molecule is CCCOc1ccc(/C=C/C(=O)c2ccccc2)cc1OCC. The number of carbonyl (C=O) groups excluding carboxylic acids is 1. The van der Waals surface area contributed by atoms with Gasteiger partial charge in [0.1, 0.15) is 0 Å². The van der Waals surface area contributed by atoms with Gasteiger partial charge in [-0.2, -0.15) is 0 Å². The first-order valence-corrected chi connectivity index (χ1v) is 7.91. The zero-order chi connectivity index (χ0) is 16.5. The maximum atomic E-state index is 12.1. The second kappa shape index (κ2) is 8.79. The molecule has 120 valence electrons. The van der Waals surface area contributed by atoms with Crippen molar-refractivity contribution in [1.82, 2.24) is 0 Å². The molecule has 0 aromatic heterocycles. The molecule has 0 spiro atoms. The molecule has 0 aliphatic heterocycles.